The van der Waals surface area contributed by atoms with Crippen molar-refractivity contribution >= 4 is 0 Å². The van der Waals surface area contributed by atoms with Crippen molar-refractivity contribution in [3.05, 3.63) is 0 Å². The molecule has 0 atom stereocenters. The van der Waals surface area contributed by atoms with Crippen molar-refractivity contribution < 1.29 is 25.0 Å². The van der Waals surface area contributed by atoms with E-state index in [1.54, 1.807) is 0 Å². The molecule has 0 amide bonds. The summed E-state index contributed by atoms with van der Waals surface area (Å²) in [5.41, 5.74) is 0. The molecule has 0 spiro atoms. The third kappa shape index (κ3) is 11.8. The first-order chi connectivity index (χ1) is 6.41. The van der Waals surface area contributed by atoms with Gasteiger partial charge >= 0.3 is 0 Å². The summed E-state index contributed by atoms with van der Waals surface area (Å²) in [5, 5.41) is 11.1. The van der Waals surface area contributed by atoms with Crippen molar-refractivity contribution in [2.24, 2.45) is 0 Å². The Labute approximate surface area is 78.3 Å². The lowest BCUT2D eigenvalue weighted by Gasteiger charge is -2.08. The van der Waals surface area contributed by atoms with Gasteiger partial charge in [-0.25, -0.2) is 19.9 Å². The smallest absolute Gasteiger partial charge is 0.109 e. The average molecular weight is 194 g/mol. The maximum absolute atomic E-state index is 7.70. The Hall–Kier alpha value is -0.200. The molecular formula is C8H18O5. The SMILES string of the molecule is C1COO1.CCCCCCOOO. The highest BCUT2D eigenvalue weighted by atomic mass is 17.5. The second-order valence-electron chi connectivity index (χ2n) is 2.60. The van der Waals surface area contributed by atoms with E-state index >= 15 is 0 Å². The number of hydrogen-bond donors (Lipinski definition) is 1. The fourth-order valence-corrected chi connectivity index (χ4v) is 0.708. The van der Waals surface area contributed by atoms with Gasteiger partial charge in [-0.3, -0.25) is 0 Å². The lowest BCUT2D eigenvalue weighted by Crippen LogP contribution is -2.14. The summed E-state index contributed by atoms with van der Waals surface area (Å²) in [6.07, 6.45) is 4.52. The van der Waals surface area contributed by atoms with Gasteiger partial charge in [-0.1, -0.05) is 31.2 Å². The van der Waals surface area contributed by atoms with E-state index in [1.165, 1.54) is 12.8 Å². The average Bonchev–Trinajstić information content (AvgIpc) is 2.01. The van der Waals surface area contributed by atoms with Gasteiger partial charge in [-0.2, -0.15) is 0 Å². The van der Waals surface area contributed by atoms with E-state index in [0.29, 0.717) is 6.61 Å². The lowest BCUT2D eigenvalue weighted by molar-refractivity contribution is -0.490. The molecule has 0 aromatic carbocycles. The maximum atomic E-state index is 7.70. The molecule has 1 aliphatic heterocycles. The highest BCUT2D eigenvalue weighted by molar-refractivity contribution is 4.36. The Morgan fingerprint density at radius 3 is 2.15 bits per heavy atom. The minimum absolute atomic E-state index is 0.483. The highest BCUT2D eigenvalue weighted by Crippen LogP contribution is 1.98. The van der Waals surface area contributed by atoms with E-state index in [2.05, 4.69) is 26.6 Å². The Bertz CT molecular complexity index is 74.6. The van der Waals surface area contributed by atoms with Crippen LogP contribution in [-0.2, 0) is 19.7 Å². The van der Waals surface area contributed by atoms with Crippen LogP contribution < -0.4 is 0 Å². The fourth-order valence-electron chi connectivity index (χ4n) is 0.708. The van der Waals surface area contributed by atoms with Gasteiger partial charge in [0.1, 0.15) is 13.2 Å². The number of rotatable bonds is 6. The molecule has 5 heteroatoms. The molecule has 5 nitrogen and oxygen atoms in total. The van der Waals surface area contributed by atoms with E-state index in [-0.39, 0.29) is 0 Å². The zero-order valence-corrected chi connectivity index (χ0v) is 8.03. The second kappa shape index (κ2) is 11.8. The summed E-state index contributed by atoms with van der Waals surface area (Å²) < 4.78 is 0. The Morgan fingerprint density at radius 1 is 1.15 bits per heavy atom. The first-order valence-corrected chi connectivity index (χ1v) is 4.59. The molecule has 0 aliphatic carbocycles. The van der Waals surface area contributed by atoms with E-state index in [4.69, 9.17) is 5.26 Å². The van der Waals surface area contributed by atoms with Gasteiger partial charge in [0, 0.05) is 0 Å². The highest BCUT2D eigenvalue weighted by Gasteiger charge is 1.95. The molecule has 0 aromatic rings. The van der Waals surface area contributed by atoms with Crippen LogP contribution in [0.5, 0.6) is 0 Å². The van der Waals surface area contributed by atoms with Gasteiger partial charge in [0.15, 0.2) is 0 Å². The van der Waals surface area contributed by atoms with E-state index in [1.807, 2.05) is 0 Å². The molecule has 1 fully saturated rings. The van der Waals surface area contributed by atoms with Crippen LogP contribution in [0.1, 0.15) is 32.6 Å². The standard InChI is InChI=1S/C6H14O3.C2H4O2/c1-2-3-4-5-6-8-9-7;1-2-4-3-1/h7H,2-6H2,1H3;1-2H2. The Balaban J connectivity index is 0.000000293. The van der Waals surface area contributed by atoms with Crippen LogP contribution >= 0.6 is 0 Å². The molecule has 0 saturated carbocycles. The van der Waals surface area contributed by atoms with E-state index in [9.17, 15) is 0 Å². The van der Waals surface area contributed by atoms with Gasteiger partial charge < -0.3 is 0 Å². The second-order valence-corrected chi connectivity index (χ2v) is 2.60. The molecular weight excluding hydrogens is 176 g/mol. The van der Waals surface area contributed by atoms with Gasteiger partial charge in [-0.05, 0) is 6.42 Å². The monoisotopic (exact) mass is 194 g/mol. The quantitative estimate of drug-likeness (QED) is 0.398. The number of unbranched alkanes of at least 4 members (excludes halogenated alkanes) is 3. The van der Waals surface area contributed by atoms with Crippen molar-refractivity contribution in [2.45, 2.75) is 32.6 Å². The van der Waals surface area contributed by atoms with E-state index in [0.717, 1.165) is 26.1 Å². The van der Waals surface area contributed by atoms with E-state index < -0.39 is 0 Å². The molecule has 0 aromatic heterocycles. The van der Waals surface area contributed by atoms with Crippen LogP contribution in [0.3, 0.4) is 0 Å². The minimum Gasteiger partial charge on any atom is -0.234 e. The van der Waals surface area contributed by atoms with Crippen molar-refractivity contribution in [3.8, 4) is 0 Å². The van der Waals surface area contributed by atoms with Crippen LogP contribution in [0.25, 0.3) is 0 Å². The third-order valence-electron chi connectivity index (χ3n) is 1.47. The largest absolute Gasteiger partial charge is 0.234 e. The van der Waals surface area contributed by atoms with Crippen molar-refractivity contribution in [1.29, 1.82) is 0 Å². The Morgan fingerprint density at radius 2 is 1.77 bits per heavy atom. The molecule has 80 valence electrons. The summed E-state index contributed by atoms with van der Waals surface area (Å²) in [5.74, 6) is 0. The summed E-state index contributed by atoms with van der Waals surface area (Å²) in [4.78, 5) is 12.7. The van der Waals surface area contributed by atoms with Crippen molar-refractivity contribution in [3.63, 3.8) is 0 Å². The van der Waals surface area contributed by atoms with Crippen LogP contribution in [0.2, 0.25) is 0 Å². The predicted octanol–water partition coefficient (Wildman–Crippen LogP) is 1.94. The molecule has 1 N–H and O–H groups in total. The fraction of sp³-hybridized carbons (Fsp3) is 1.00. The topological polar surface area (TPSA) is 57.2 Å². The van der Waals surface area contributed by atoms with Crippen LogP contribution in [0.4, 0.5) is 0 Å². The summed E-state index contributed by atoms with van der Waals surface area (Å²) in [6, 6.07) is 0. The van der Waals surface area contributed by atoms with Crippen LogP contribution in [0, 0.1) is 0 Å². The number of hydrogen-bond acceptors (Lipinski definition) is 5. The van der Waals surface area contributed by atoms with Gasteiger partial charge in [0.05, 0.1) is 6.61 Å². The van der Waals surface area contributed by atoms with Crippen molar-refractivity contribution in [1.82, 2.24) is 0 Å². The first kappa shape index (κ1) is 12.8. The molecule has 0 radical (unpaired) electrons. The minimum atomic E-state index is 0.483. The first-order valence-electron chi connectivity index (χ1n) is 4.59. The molecule has 13 heavy (non-hydrogen) atoms. The normalized spacial score (nSPS) is 14.3. The summed E-state index contributed by atoms with van der Waals surface area (Å²) in [6.45, 7) is 4.18. The Kier molecular flexibility index (Phi) is 11.6. The molecule has 1 saturated heterocycles. The molecule has 0 unspecified atom stereocenters. The van der Waals surface area contributed by atoms with Crippen LogP contribution in [0.15, 0.2) is 0 Å². The van der Waals surface area contributed by atoms with Gasteiger partial charge in [-0.15, -0.1) is 0 Å². The predicted molar refractivity (Wildman–Crippen MR) is 45.7 cm³/mol. The van der Waals surface area contributed by atoms with Crippen LogP contribution in [-0.4, -0.2) is 25.1 Å². The molecule has 0 bridgehead atoms. The maximum Gasteiger partial charge on any atom is 0.109 e. The molecule has 1 rings (SSSR count). The molecule has 1 heterocycles. The zero-order chi connectivity index (χ0) is 9.78. The third-order valence-corrected chi connectivity index (χ3v) is 1.47. The van der Waals surface area contributed by atoms with Crippen molar-refractivity contribution in [2.75, 3.05) is 19.8 Å². The molecule has 1 aliphatic rings. The van der Waals surface area contributed by atoms with Gasteiger partial charge in [0.25, 0.3) is 0 Å². The lowest BCUT2D eigenvalue weighted by atomic mass is 10.2. The zero-order valence-electron chi connectivity index (χ0n) is 8.03. The summed E-state index contributed by atoms with van der Waals surface area (Å²) in [7, 11) is 0. The van der Waals surface area contributed by atoms with Gasteiger partial charge in [0.2, 0.25) is 0 Å². The summed E-state index contributed by atoms with van der Waals surface area (Å²) >= 11 is 0.